The first-order valence-electron chi connectivity index (χ1n) is 6.48. The van der Waals surface area contributed by atoms with Crippen molar-refractivity contribution in [3.63, 3.8) is 0 Å². The van der Waals surface area contributed by atoms with Gasteiger partial charge in [-0.15, -0.1) is 0 Å². The molecule has 0 saturated carbocycles. The van der Waals surface area contributed by atoms with Gasteiger partial charge in [0, 0.05) is 15.5 Å². The van der Waals surface area contributed by atoms with Crippen molar-refractivity contribution in [3.8, 4) is 0 Å². The molecule has 2 aromatic rings. The smallest absolute Gasteiger partial charge is 0.211 e. The molecule has 0 saturated heterocycles. The molecule has 0 aromatic heterocycles. The third kappa shape index (κ3) is 4.92. The van der Waals surface area contributed by atoms with Gasteiger partial charge in [0.1, 0.15) is 0 Å². The van der Waals surface area contributed by atoms with Crippen LogP contribution in [0.15, 0.2) is 62.4 Å². The van der Waals surface area contributed by atoms with Gasteiger partial charge in [0.25, 0.3) is 0 Å². The molecule has 0 heterocycles. The highest BCUT2D eigenvalue weighted by Gasteiger charge is 2.16. The van der Waals surface area contributed by atoms with Gasteiger partial charge in [-0.05, 0) is 52.5 Å². The van der Waals surface area contributed by atoms with Gasteiger partial charge >= 0.3 is 0 Å². The second-order valence-corrected chi connectivity index (χ2v) is 8.07. The zero-order chi connectivity index (χ0) is 15.3. The van der Waals surface area contributed by atoms with Crippen molar-refractivity contribution in [3.05, 3.63) is 63.0 Å². The van der Waals surface area contributed by atoms with E-state index in [9.17, 15) is 8.42 Å². The molecule has 0 fully saturated rings. The van der Waals surface area contributed by atoms with Crippen LogP contribution < -0.4 is 4.72 Å². The van der Waals surface area contributed by atoms with Crippen LogP contribution in [0.4, 0.5) is 0 Å². The molecule has 0 aliphatic heterocycles. The van der Waals surface area contributed by atoms with Crippen LogP contribution in [0.1, 0.15) is 12.0 Å². The monoisotopic (exact) mass is 431 g/mol. The van der Waals surface area contributed by atoms with E-state index < -0.39 is 10.0 Å². The normalized spacial score (nSPS) is 11.5. The van der Waals surface area contributed by atoms with Gasteiger partial charge < -0.3 is 0 Å². The third-order valence-electron chi connectivity index (χ3n) is 2.96. The Bertz CT molecular complexity index is 703. The van der Waals surface area contributed by atoms with E-state index in [0.717, 1.165) is 17.3 Å². The average molecular weight is 433 g/mol. The van der Waals surface area contributed by atoms with E-state index in [-0.39, 0.29) is 4.90 Å². The molecule has 0 bridgehead atoms. The van der Waals surface area contributed by atoms with Crippen molar-refractivity contribution in [2.24, 2.45) is 0 Å². The van der Waals surface area contributed by atoms with Crippen LogP contribution in [0, 0.1) is 0 Å². The van der Waals surface area contributed by atoms with Gasteiger partial charge in [0.2, 0.25) is 10.0 Å². The fraction of sp³-hybridized carbons (Fsp3) is 0.200. The van der Waals surface area contributed by atoms with Crippen LogP contribution in [0.5, 0.6) is 0 Å². The van der Waals surface area contributed by atoms with Gasteiger partial charge in [0.15, 0.2) is 0 Å². The number of rotatable bonds is 6. The largest absolute Gasteiger partial charge is 0.241 e. The van der Waals surface area contributed by atoms with Gasteiger partial charge in [-0.3, -0.25) is 0 Å². The standard InChI is InChI=1S/C15H15Br2NO2S/c16-13-8-9-15(14(17)11-13)21(19,20)18-10-4-7-12-5-2-1-3-6-12/h1-3,5-6,8-9,11,18H,4,7,10H2. The van der Waals surface area contributed by atoms with Gasteiger partial charge in [0.05, 0.1) is 4.90 Å². The summed E-state index contributed by atoms with van der Waals surface area (Å²) in [5.41, 5.74) is 1.21. The van der Waals surface area contributed by atoms with Crippen LogP contribution in [-0.2, 0) is 16.4 Å². The molecule has 0 atom stereocenters. The molecule has 0 aliphatic rings. The Labute approximate surface area is 142 Å². The number of nitrogens with one attached hydrogen (secondary N) is 1. The summed E-state index contributed by atoms with van der Waals surface area (Å²) in [4.78, 5) is 0.255. The number of hydrogen-bond donors (Lipinski definition) is 1. The van der Waals surface area contributed by atoms with Crippen molar-refractivity contribution in [1.29, 1.82) is 0 Å². The first-order chi connectivity index (χ1) is 9.99. The van der Waals surface area contributed by atoms with Crippen LogP contribution >= 0.6 is 31.9 Å². The minimum atomic E-state index is -3.48. The lowest BCUT2D eigenvalue weighted by Crippen LogP contribution is -2.25. The molecule has 2 rings (SSSR count). The van der Waals surface area contributed by atoms with Gasteiger partial charge in [-0.1, -0.05) is 46.3 Å². The van der Waals surface area contributed by atoms with Crippen molar-refractivity contribution < 1.29 is 8.42 Å². The van der Waals surface area contributed by atoms with Gasteiger partial charge in [-0.25, -0.2) is 13.1 Å². The number of benzene rings is 2. The molecule has 0 aliphatic carbocycles. The summed E-state index contributed by atoms with van der Waals surface area (Å²) in [5, 5.41) is 0. The first kappa shape index (κ1) is 16.7. The number of aryl methyl sites for hydroxylation is 1. The van der Waals surface area contributed by atoms with E-state index in [1.807, 2.05) is 30.3 Å². The molecule has 0 radical (unpaired) electrons. The summed E-state index contributed by atoms with van der Waals surface area (Å²) < 4.78 is 28.5. The summed E-state index contributed by atoms with van der Waals surface area (Å²) in [7, 11) is -3.48. The predicted octanol–water partition coefficient (Wildman–Crippen LogP) is 4.12. The van der Waals surface area contributed by atoms with Crippen LogP contribution in [0.2, 0.25) is 0 Å². The van der Waals surface area contributed by atoms with E-state index in [2.05, 4.69) is 36.6 Å². The second-order valence-electron chi connectivity index (χ2n) is 4.56. The SMILES string of the molecule is O=S(=O)(NCCCc1ccccc1)c1ccc(Br)cc1Br. The Morgan fingerprint density at radius 2 is 1.71 bits per heavy atom. The molecule has 1 N–H and O–H groups in total. The maximum atomic E-state index is 12.2. The summed E-state index contributed by atoms with van der Waals surface area (Å²) in [6, 6.07) is 15.0. The van der Waals surface area contributed by atoms with E-state index >= 15 is 0 Å². The minimum Gasteiger partial charge on any atom is -0.211 e. The highest BCUT2D eigenvalue weighted by molar-refractivity contribution is 9.11. The topological polar surface area (TPSA) is 46.2 Å². The summed E-state index contributed by atoms with van der Waals surface area (Å²) >= 11 is 6.59. The molecular weight excluding hydrogens is 418 g/mol. The Morgan fingerprint density at radius 1 is 1.00 bits per heavy atom. The van der Waals surface area contributed by atoms with Crippen LogP contribution in [-0.4, -0.2) is 15.0 Å². The zero-order valence-electron chi connectivity index (χ0n) is 11.2. The molecule has 21 heavy (non-hydrogen) atoms. The lowest BCUT2D eigenvalue weighted by Gasteiger charge is -2.09. The van der Waals surface area contributed by atoms with E-state index in [1.165, 1.54) is 5.56 Å². The highest BCUT2D eigenvalue weighted by Crippen LogP contribution is 2.25. The molecule has 0 spiro atoms. The molecule has 0 unspecified atom stereocenters. The molecule has 3 nitrogen and oxygen atoms in total. The summed E-state index contributed by atoms with van der Waals surface area (Å²) in [5.74, 6) is 0. The Morgan fingerprint density at radius 3 is 2.38 bits per heavy atom. The Balaban J connectivity index is 1.92. The van der Waals surface area contributed by atoms with Crippen molar-refractivity contribution in [1.82, 2.24) is 4.72 Å². The Kier molecular flexibility index (Phi) is 5.98. The quantitative estimate of drug-likeness (QED) is 0.697. The number of halogens is 2. The Hall–Kier alpha value is -0.690. The number of sulfonamides is 1. The van der Waals surface area contributed by atoms with Crippen molar-refractivity contribution in [2.75, 3.05) is 6.54 Å². The molecule has 112 valence electrons. The third-order valence-corrected chi connectivity index (χ3v) is 5.89. The molecule has 6 heteroatoms. The van der Waals surface area contributed by atoms with E-state index in [4.69, 9.17) is 0 Å². The lowest BCUT2D eigenvalue weighted by atomic mass is 10.1. The average Bonchev–Trinajstić information content (AvgIpc) is 2.44. The van der Waals surface area contributed by atoms with E-state index in [0.29, 0.717) is 11.0 Å². The molecule has 0 amide bonds. The minimum absolute atomic E-state index is 0.255. The maximum Gasteiger partial charge on any atom is 0.241 e. The highest BCUT2D eigenvalue weighted by atomic mass is 79.9. The van der Waals surface area contributed by atoms with Crippen LogP contribution in [0.25, 0.3) is 0 Å². The lowest BCUT2D eigenvalue weighted by molar-refractivity contribution is 0.578. The van der Waals surface area contributed by atoms with Crippen molar-refractivity contribution >= 4 is 41.9 Å². The molecule has 2 aromatic carbocycles. The first-order valence-corrected chi connectivity index (χ1v) is 9.54. The van der Waals surface area contributed by atoms with Crippen molar-refractivity contribution in [2.45, 2.75) is 17.7 Å². The number of hydrogen-bond acceptors (Lipinski definition) is 2. The van der Waals surface area contributed by atoms with Gasteiger partial charge in [-0.2, -0.15) is 0 Å². The fourth-order valence-corrected chi connectivity index (χ4v) is 4.73. The maximum absolute atomic E-state index is 12.2. The van der Waals surface area contributed by atoms with Crippen LogP contribution in [0.3, 0.4) is 0 Å². The second kappa shape index (κ2) is 7.54. The predicted molar refractivity (Wildman–Crippen MR) is 91.8 cm³/mol. The summed E-state index contributed by atoms with van der Waals surface area (Å²) in [6.45, 7) is 0.416. The molecular formula is C15H15Br2NO2S. The fourth-order valence-electron chi connectivity index (χ4n) is 1.91. The summed E-state index contributed by atoms with van der Waals surface area (Å²) in [6.07, 6.45) is 1.61. The van der Waals surface area contributed by atoms with E-state index in [1.54, 1.807) is 18.2 Å². The zero-order valence-corrected chi connectivity index (χ0v) is 15.2.